The fraction of sp³-hybridized carbons (Fsp3) is 0.333. The van der Waals surface area contributed by atoms with Crippen LogP contribution >= 0.6 is 0 Å². The number of aromatic nitrogens is 2. The van der Waals surface area contributed by atoms with E-state index in [0.29, 0.717) is 43.0 Å². The molecule has 0 spiro atoms. The van der Waals surface area contributed by atoms with Gasteiger partial charge in [-0.1, -0.05) is 18.2 Å². The minimum atomic E-state index is -0.190. The van der Waals surface area contributed by atoms with Crippen LogP contribution in [-0.2, 0) is 16.0 Å². The van der Waals surface area contributed by atoms with E-state index < -0.39 is 0 Å². The van der Waals surface area contributed by atoms with Gasteiger partial charge in [0.15, 0.2) is 5.82 Å². The highest BCUT2D eigenvalue weighted by Gasteiger charge is 2.14. The lowest BCUT2D eigenvalue weighted by Crippen LogP contribution is -2.06. The summed E-state index contributed by atoms with van der Waals surface area (Å²) in [6.07, 6.45) is 5.19. The monoisotopic (exact) mass is 459 g/mol. The van der Waals surface area contributed by atoms with Gasteiger partial charge < -0.3 is 14.2 Å². The highest BCUT2D eigenvalue weighted by atomic mass is 16.5. The second kappa shape index (κ2) is 11.8. The van der Waals surface area contributed by atoms with E-state index in [0.717, 1.165) is 28.0 Å². The number of carbonyl (C=O) groups excluding carboxylic acids is 1. The van der Waals surface area contributed by atoms with E-state index in [1.54, 1.807) is 38.6 Å². The van der Waals surface area contributed by atoms with E-state index in [2.05, 4.69) is 16.0 Å². The predicted molar refractivity (Wildman–Crippen MR) is 130 cm³/mol. The number of nitrogens with zero attached hydrogens (tertiary/aromatic N) is 3. The van der Waals surface area contributed by atoms with Crippen molar-refractivity contribution in [3.63, 3.8) is 0 Å². The summed E-state index contributed by atoms with van der Waals surface area (Å²) in [6.45, 7) is 6.03. The maximum absolute atomic E-state index is 11.6. The molecule has 1 heterocycles. The van der Waals surface area contributed by atoms with Crippen LogP contribution in [0.15, 0.2) is 48.8 Å². The highest BCUT2D eigenvalue weighted by molar-refractivity contribution is 5.72. The largest absolute Gasteiger partial charge is 0.496 e. The molecule has 3 rings (SSSR count). The molecule has 0 fully saturated rings. The third kappa shape index (κ3) is 6.10. The van der Waals surface area contributed by atoms with Gasteiger partial charge >= 0.3 is 5.97 Å². The van der Waals surface area contributed by atoms with Gasteiger partial charge in [0.2, 0.25) is 0 Å². The number of benzene rings is 2. The number of carbonyl (C=O) groups is 1. The molecule has 7 nitrogen and oxygen atoms in total. The molecule has 0 unspecified atom stereocenters. The van der Waals surface area contributed by atoms with E-state index in [1.807, 2.05) is 38.1 Å². The topological polar surface area (TPSA) is 94.3 Å². The third-order valence-electron chi connectivity index (χ3n) is 5.12. The molecule has 0 saturated heterocycles. The van der Waals surface area contributed by atoms with Gasteiger partial charge in [-0.05, 0) is 57.4 Å². The number of hydrogen-bond acceptors (Lipinski definition) is 7. The van der Waals surface area contributed by atoms with Crippen LogP contribution in [0.5, 0.6) is 11.5 Å². The summed E-state index contributed by atoms with van der Waals surface area (Å²) in [5.74, 6) is 1.61. The summed E-state index contributed by atoms with van der Waals surface area (Å²) in [4.78, 5) is 20.7. The van der Waals surface area contributed by atoms with Gasteiger partial charge in [-0.25, -0.2) is 9.97 Å². The summed E-state index contributed by atoms with van der Waals surface area (Å²) in [7, 11) is 1.63. The van der Waals surface area contributed by atoms with Crippen molar-refractivity contribution in [1.82, 2.24) is 9.97 Å². The maximum Gasteiger partial charge on any atom is 0.305 e. The number of para-hydroxylation sites is 1. The van der Waals surface area contributed by atoms with Crippen LogP contribution in [0.4, 0.5) is 0 Å². The molecule has 7 heteroatoms. The van der Waals surface area contributed by atoms with Crippen LogP contribution in [0.1, 0.15) is 44.7 Å². The van der Waals surface area contributed by atoms with Crippen molar-refractivity contribution in [3.05, 3.63) is 59.9 Å². The first kappa shape index (κ1) is 24.7. The van der Waals surface area contributed by atoms with Crippen molar-refractivity contribution in [2.75, 3.05) is 13.7 Å². The van der Waals surface area contributed by atoms with Gasteiger partial charge in [0.1, 0.15) is 17.6 Å². The van der Waals surface area contributed by atoms with Gasteiger partial charge in [0, 0.05) is 35.5 Å². The number of nitriles is 1. The second-order valence-electron chi connectivity index (χ2n) is 7.94. The number of ether oxygens (including phenoxy) is 3. The first-order chi connectivity index (χ1) is 16.5. The van der Waals surface area contributed by atoms with Gasteiger partial charge in [0.05, 0.1) is 25.4 Å². The van der Waals surface area contributed by atoms with Gasteiger partial charge in [-0.15, -0.1) is 0 Å². The Bertz CT molecular complexity index is 1170. The van der Waals surface area contributed by atoms with Gasteiger partial charge in [-0.3, -0.25) is 4.79 Å². The molecule has 1 aromatic heterocycles. The molecule has 0 bridgehead atoms. The molecule has 0 N–H and O–H groups in total. The van der Waals surface area contributed by atoms with E-state index in [1.165, 1.54) is 0 Å². The average molecular weight is 460 g/mol. The van der Waals surface area contributed by atoms with Gasteiger partial charge in [-0.2, -0.15) is 5.26 Å². The molecule has 0 amide bonds. The molecule has 0 aliphatic carbocycles. The van der Waals surface area contributed by atoms with E-state index in [9.17, 15) is 10.1 Å². The summed E-state index contributed by atoms with van der Waals surface area (Å²) in [5.41, 5.74) is 3.87. The first-order valence-electron chi connectivity index (χ1n) is 11.3. The molecule has 0 radical (unpaired) electrons. The third-order valence-corrected chi connectivity index (χ3v) is 5.12. The molecular weight excluding hydrogens is 430 g/mol. The Balaban J connectivity index is 1.82. The van der Waals surface area contributed by atoms with Crippen LogP contribution in [-0.4, -0.2) is 35.8 Å². The summed E-state index contributed by atoms with van der Waals surface area (Å²) in [5, 5.41) is 9.49. The summed E-state index contributed by atoms with van der Waals surface area (Å²) in [6, 6.07) is 13.4. The zero-order chi connectivity index (χ0) is 24.5. The molecule has 34 heavy (non-hydrogen) atoms. The van der Waals surface area contributed by atoms with E-state index in [-0.39, 0.29) is 12.1 Å². The first-order valence-corrected chi connectivity index (χ1v) is 11.3. The minimum Gasteiger partial charge on any atom is -0.496 e. The smallest absolute Gasteiger partial charge is 0.305 e. The Labute approximate surface area is 200 Å². The predicted octanol–water partition coefficient (Wildman–Crippen LogP) is 5.36. The van der Waals surface area contributed by atoms with Crippen molar-refractivity contribution < 1.29 is 19.0 Å². The second-order valence-corrected chi connectivity index (χ2v) is 7.94. The van der Waals surface area contributed by atoms with Crippen LogP contribution in [0.25, 0.3) is 22.5 Å². The normalized spacial score (nSPS) is 10.6. The molecule has 0 atom stereocenters. The zero-order valence-electron chi connectivity index (χ0n) is 20.0. The molecule has 0 aliphatic rings. The SMILES string of the molecule is CCOC(=O)CCCc1cccc(-c2cnc(-c3ccc(OC(C)C)c(C#N)c3)nc2)c1OC. The van der Waals surface area contributed by atoms with Gasteiger partial charge in [0.25, 0.3) is 0 Å². The van der Waals surface area contributed by atoms with Crippen molar-refractivity contribution in [1.29, 1.82) is 5.26 Å². The Kier molecular flexibility index (Phi) is 8.58. The maximum atomic E-state index is 11.6. The van der Waals surface area contributed by atoms with E-state index in [4.69, 9.17) is 14.2 Å². The fourth-order valence-corrected chi connectivity index (χ4v) is 3.64. The average Bonchev–Trinajstić information content (AvgIpc) is 2.84. The Morgan fingerprint density at radius 2 is 1.88 bits per heavy atom. The quantitative estimate of drug-likeness (QED) is 0.377. The van der Waals surface area contributed by atoms with Crippen molar-refractivity contribution in [3.8, 4) is 40.1 Å². The number of hydrogen-bond donors (Lipinski definition) is 0. The standard InChI is InChI=1S/C27H29N3O4/c1-5-33-25(31)11-7-9-19-8-6-10-23(26(19)32-4)22-16-29-27(30-17-22)20-12-13-24(34-18(2)3)21(14-20)15-28/h6,8,10,12-14,16-18H,5,7,9,11H2,1-4H3. The van der Waals surface area contributed by atoms with Crippen LogP contribution < -0.4 is 9.47 Å². The molecule has 2 aromatic carbocycles. The lowest BCUT2D eigenvalue weighted by Gasteiger charge is -2.14. The fourth-order valence-electron chi connectivity index (χ4n) is 3.64. The lowest BCUT2D eigenvalue weighted by molar-refractivity contribution is -0.143. The Morgan fingerprint density at radius 3 is 2.53 bits per heavy atom. The number of aryl methyl sites for hydroxylation is 1. The molecule has 0 saturated carbocycles. The summed E-state index contributed by atoms with van der Waals surface area (Å²) < 4.78 is 16.4. The Hall–Kier alpha value is -3.92. The number of esters is 1. The lowest BCUT2D eigenvalue weighted by atomic mass is 10.00. The van der Waals surface area contributed by atoms with E-state index >= 15 is 0 Å². The molecule has 0 aliphatic heterocycles. The van der Waals surface area contributed by atoms with Crippen molar-refractivity contribution >= 4 is 5.97 Å². The van der Waals surface area contributed by atoms with Crippen molar-refractivity contribution in [2.24, 2.45) is 0 Å². The molecule has 3 aromatic rings. The minimum absolute atomic E-state index is 0.0237. The van der Waals surface area contributed by atoms with Crippen LogP contribution in [0.2, 0.25) is 0 Å². The number of methoxy groups -OCH3 is 1. The van der Waals surface area contributed by atoms with Crippen molar-refractivity contribution in [2.45, 2.75) is 46.1 Å². The van der Waals surface area contributed by atoms with Crippen LogP contribution in [0, 0.1) is 11.3 Å². The Morgan fingerprint density at radius 1 is 1.12 bits per heavy atom. The summed E-state index contributed by atoms with van der Waals surface area (Å²) >= 11 is 0. The number of rotatable bonds is 10. The van der Waals surface area contributed by atoms with Crippen LogP contribution in [0.3, 0.4) is 0 Å². The molecular formula is C27H29N3O4. The highest BCUT2D eigenvalue weighted by Crippen LogP contribution is 2.34. The zero-order valence-corrected chi connectivity index (χ0v) is 20.0. The molecule has 176 valence electrons.